The number of benzene rings is 1. The fourth-order valence-corrected chi connectivity index (χ4v) is 2.63. The molecule has 1 heterocycles. The lowest BCUT2D eigenvalue weighted by Crippen LogP contribution is -2.18. The summed E-state index contributed by atoms with van der Waals surface area (Å²) >= 11 is 9.32. The second-order valence-electron chi connectivity index (χ2n) is 4.18. The lowest BCUT2D eigenvalue weighted by atomic mass is 10.2. The Bertz CT molecular complexity index is 596. The van der Waals surface area contributed by atoms with Gasteiger partial charge >= 0.3 is 0 Å². The van der Waals surface area contributed by atoms with Crippen molar-refractivity contribution < 1.29 is 4.79 Å². The van der Waals surface area contributed by atoms with Crippen LogP contribution in [0, 0.1) is 0 Å². The molecule has 18 heavy (non-hydrogen) atoms. The molecule has 96 valence electrons. The molecular formula is C12H13BrClN3O. The van der Waals surface area contributed by atoms with E-state index < -0.39 is 0 Å². The minimum Gasteiger partial charge on any atom is -0.370 e. The number of carbonyl (C=O) groups is 1. The summed E-state index contributed by atoms with van der Waals surface area (Å²) in [5.74, 6) is 0.718. The normalized spacial score (nSPS) is 12.8. The van der Waals surface area contributed by atoms with Gasteiger partial charge in [-0.25, -0.2) is 4.98 Å². The monoisotopic (exact) mass is 329 g/mol. The van der Waals surface area contributed by atoms with Crippen LogP contribution in [0.25, 0.3) is 11.0 Å². The molecule has 2 N–H and O–H groups in total. The third kappa shape index (κ3) is 2.52. The molecule has 1 aromatic heterocycles. The van der Waals surface area contributed by atoms with E-state index in [1.54, 1.807) is 0 Å². The van der Waals surface area contributed by atoms with Crippen LogP contribution in [0.3, 0.4) is 0 Å². The number of nitrogens with two attached hydrogens (primary N) is 1. The summed E-state index contributed by atoms with van der Waals surface area (Å²) in [4.78, 5) is 15.5. The highest BCUT2D eigenvalue weighted by atomic mass is 79.9. The number of hydrogen-bond donors (Lipinski definition) is 1. The van der Waals surface area contributed by atoms with Crippen molar-refractivity contribution in [3.8, 4) is 0 Å². The minimum absolute atomic E-state index is 0.0533. The van der Waals surface area contributed by atoms with Gasteiger partial charge in [0.15, 0.2) is 0 Å². The SMILES string of the molecule is CC(CC(N)=O)n1c(CCl)nc2cc(Br)ccc21. The van der Waals surface area contributed by atoms with Gasteiger partial charge in [-0.1, -0.05) is 15.9 Å². The van der Waals surface area contributed by atoms with E-state index in [0.717, 1.165) is 21.3 Å². The summed E-state index contributed by atoms with van der Waals surface area (Å²) < 4.78 is 2.93. The van der Waals surface area contributed by atoms with Gasteiger partial charge < -0.3 is 10.3 Å². The predicted octanol–water partition coefficient (Wildman–Crippen LogP) is 2.97. The fourth-order valence-electron chi connectivity index (χ4n) is 2.09. The van der Waals surface area contributed by atoms with Crippen molar-refractivity contribution >= 4 is 44.5 Å². The zero-order chi connectivity index (χ0) is 13.3. The number of imidazole rings is 1. The molecule has 0 bridgehead atoms. The lowest BCUT2D eigenvalue weighted by Gasteiger charge is -2.15. The first-order valence-electron chi connectivity index (χ1n) is 5.53. The van der Waals surface area contributed by atoms with Crippen molar-refractivity contribution in [2.75, 3.05) is 0 Å². The number of halogens is 2. The number of amides is 1. The van der Waals surface area contributed by atoms with Crippen LogP contribution in [0.5, 0.6) is 0 Å². The zero-order valence-corrected chi connectivity index (χ0v) is 12.2. The first kappa shape index (κ1) is 13.4. The number of carbonyl (C=O) groups excluding carboxylic acids is 1. The van der Waals surface area contributed by atoms with E-state index in [9.17, 15) is 4.79 Å². The molecule has 2 rings (SSSR count). The highest BCUT2D eigenvalue weighted by molar-refractivity contribution is 9.10. The second kappa shape index (κ2) is 5.28. The van der Waals surface area contributed by atoms with Crippen LogP contribution >= 0.6 is 27.5 Å². The van der Waals surface area contributed by atoms with Gasteiger partial charge in [0.2, 0.25) is 5.91 Å². The van der Waals surface area contributed by atoms with E-state index in [4.69, 9.17) is 17.3 Å². The second-order valence-corrected chi connectivity index (χ2v) is 5.37. The van der Waals surface area contributed by atoms with Crippen LogP contribution in [0.4, 0.5) is 0 Å². The van der Waals surface area contributed by atoms with Crippen LogP contribution in [0.2, 0.25) is 0 Å². The molecule has 1 amide bonds. The van der Waals surface area contributed by atoms with Gasteiger partial charge in [-0.2, -0.15) is 0 Å². The Hall–Kier alpha value is -1.07. The molecule has 0 radical (unpaired) electrons. The zero-order valence-electron chi connectivity index (χ0n) is 9.86. The third-order valence-corrected chi connectivity index (χ3v) is 3.51. The summed E-state index contributed by atoms with van der Waals surface area (Å²) in [6.07, 6.45) is 0.269. The molecule has 6 heteroatoms. The summed E-state index contributed by atoms with van der Waals surface area (Å²) in [7, 11) is 0. The van der Waals surface area contributed by atoms with Crippen molar-refractivity contribution in [2.24, 2.45) is 5.73 Å². The van der Waals surface area contributed by atoms with Crippen LogP contribution in [-0.2, 0) is 10.7 Å². The average molecular weight is 331 g/mol. The predicted molar refractivity (Wildman–Crippen MR) is 75.5 cm³/mol. The first-order chi connectivity index (χ1) is 8.52. The lowest BCUT2D eigenvalue weighted by molar-refractivity contribution is -0.118. The van der Waals surface area contributed by atoms with Gasteiger partial charge in [-0.05, 0) is 25.1 Å². The van der Waals surface area contributed by atoms with E-state index in [1.165, 1.54) is 0 Å². The van der Waals surface area contributed by atoms with Gasteiger partial charge in [0.1, 0.15) is 5.82 Å². The Morgan fingerprint density at radius 3 is 2.94 bits per heavy atom. The van der Waals surface area contributed by atoms with Crippen LogP contribution < -0.4 is 5.73 Å². The standard InChI is InChI=1S/C12H13BrClN3O/c1-7(4-11(15)18)17-10-3-2-8(13)5-9(10)16-12(17)6-14/h2-3,5,7H,4,6H2,1H3,(H2,15,18). The quantitative estimate of drug-likeness (QED) is 0.876. The third-order valence-electron chi connectivity index (χ3n) is 2.78. The Labute approximate surface area is 118 Å². The first-order valence-corrected chi connectivity index (χ1v) is 6.86. The highest BCUT2D eigenvalue weighted by Gasteiger charge is 2.16. The maximum Gasteiger partial charge on any atom is 0.219 e. The molecule has 0 aliphatic heterocycles. The largest absolute Gasteiger partial charge is 0.370 e. The molecule has 1 atom stereocenters. The summed E-state index contributed by atoms with van der Waals surface area (Å²) in [6, 6.07) is 5.77. The smallest absolute Gasteiger partial charge is 0.219 e. The topological polar surface area (TPSA) is 60.9 Å². The minimum atomic E-state index is -0.331. The van der Waals surface area contributed by atoms with E-state index in [0.29, 0.717) is 5.88 Å². The van der Waals surface area contributed by atoms with E-state index in [1.807, 2.05) is 29.7 Å². The van der Waals surface area contributed by atoms with Crippen molar-refractivity contribution in [1.82, 2.24) is 9.55 Å². The number of hydrogen-bond acceptors (Lipinski definition) is 2. The van der Waals surface area contributed by atoms with E-state index in [2.05, 4.69) is 20.9 Å². The number of rotatable bonds is 4. The van der Waals surface area contributed by atoms with Crippen molar-refractivity contribution in [3.05, 3.63) is 28.5 Å². The number of fused-ring (bicyclic) bond motifs is 1. The van der Waals surface area contributed by atoms with Gasteiger partial charge in [0.25, 0.3) is 0 Å². The summed E-state index contributed by atoms with van der Waals surface area (Å²) in [5.41, 5.74) is 7.06. The van der Waals surface area contributed by atoms with Crippen LogP contribution in [-0.4, -0.2) is 15.5 Å². The summed E-state index contributed by atoms with van der Waals surface area (Å²) in [6.45, 7) is 1.93. The van der Waals surface area contributed by atoms with Gasteiger partial charge in [0.05, 0.1) is 16.9 Å². The maximum absolute atomic E-state index is 11.0. The molecule has 0 saturated heterocycles. The summed E-state index contributed by atoms with van der Waals surface area (Å²) in [5, 5.41) is 0. The molecule has 0 fully saturated rings. The Morgan fingerprint density at radius 1 is 1.61 bits per heavy atom. The fraction of sp³-hybridized carbons (Fsp3) is 0.333. The number of aromatic nitrogens is 2. The highest BCUT2D eigenvalue weighted by Crippen LogP contribution is 2.26. The Morgan fingerprint density at radius 2 is 2.33 bits per heavy atom. The Balaban J connectivity index is 2.56. The Kier molecular flexibility index (Phi) is 3.92. The molecule has 0 aliphatic rings. The van der Waals surface area contributed by atoms with Crippen molar-refractivity contribution in [1.29, 1.82) is 0 Å². The van der Waals surface area contributed by atoms with Crippen molar-refractivity contribution in [2.45, 2.75) is 25.3 Å². The van der Waals surface area contributed by atoms with Gasteiger partial charge in [-0.3, -0.25) is 4.79 Å². The average Bonchev–Trinajstić information content (AvgIpc) is 2.65. The molecule has 2 aromatic rings. The van der Waals surface area contributed by atoms with Crippen LogP contribution in [0.15, 0.2) is 22.7 Å². The molecule has 1 aromatic carbocycles. The molecule has 0 spiro atoms. The molecule has 0 aliphatic carbocycles. The molecule has 1 unspecified atom stereocenters. The van der Waals surface area contributed by atoms with Gasteiger partial charge in [-0.15, -0.1) is 11.6 Å². The maximum atomic E-state index is 11.0. The molecule has 0 saturated carbocycles. The number of nitrogens with zero attached hydrogens (tertiary/aromatic N) is 2. The van der Waals surface area contributed by atoms with Gasteiger partial charge in [0, 0.05) is 16.9 Å². The molecule has 4 nitrogen and oxygen atoms in total. The van der Waals surface area contributed by atoms with Crippen molar-refractivity contribution in [3.63, 3.8) is 0 Å². The van der Waals surface area contributed by atoms with E-state index in [-0.39, 0.29) is 18.4 Å². The van der Waals surface area contributed by atoms with Crippen LogP contribution in [0.1, 0.15) is 25.2 Å². The van der Waals surface area contributed by atoms with E-state index >= 15 is 0 Å². The molecular weight excluding hydrogens is 318 g/mol. The number of alkyl halides is 1. The number of primary amides is 1.